The van der Waals surface area contributed by atoms with Crippen LogP contribution in [0.4, 0.5) is 0 Å². The van der Waals surface area contributed by atoms with E-state index in [1.807, 2.05) is 32.9 Å². The van der Waals surface area contributed by atoms with Crippen LogP contribution in [-0.2, 0) is 4.74 Å². The summed E-state index contributed by atoms with van der Waals surface area (Å²) in [7, 11) is 1.62. The highest BCUT2D eigenvalue weighted by atomic mass is 16.5. The zero-order chi connectivity index (χ0) is 15.9. The van der Waals surface area contributed by atoms with Crippen molar-refractivity contribution < 1.29 is 14.6 Å². The van der Waals surface area contributed by atoms with Crippen molar-refractivity contribution in [2.24, 2.45) is 0 Å². The van der Waals surface area contributed by atoms with Gasteiger partial charge < -0.3 is 15.2 Å². The highest BCUT2D eigenvalue weighted by Gasteiger charge is 2.18. The van der Waals surface area contributed by atoms with E-state index >= 15 is 0 Å². The lowest BCUT2D eigenvalue weighted by Crippen LogP contribution is -2.39. The van der Waals surface area contributed by atoms with Gasteiger partial charge in [0.25, 0.3) is 5.91 Å². The first-order valence-corrected chi connectivity index (χ1v) is 6.93. The van der Waals surface area contributed by atoms with Crippen molar-refractivity contribution in [2.75, 3.05) is 20.3 Å². The Morgan fingerprint density at radius 3 is 2.71 bits per heavy atom. The van der Waals surface area contributed by atoms with Crippen LogP contribution in [0.15, 0.2) is 18.2 Å². The Bertz CT molecular complexity index is 553. The van der Waals surface area contributed by atoms with E-state index in [2.05, 4.69) is 17.2 Å². The maximum atomic E-state index is 12.1. The first kappa shape index (κ1) is 17.2. The van der Waals surface area contributed by atoms with Crippen molar-refractivity contribution >= 4 is 5.91 Å². The van der Waals surface area contributed by atoms with E-state index in [-0.39, 0.29) is 18.1 Å². The number of aliphatic hydroxyl groups is 1. The Hall–Kier alpha value is -1.83. The third-order valence-corrected chi connectivity index (χ3v) is 3.18. The fraction of sp³-hybridized carbons (Fsp3) is 0.471. The number of nitrogens with one attached hydrogen (secondary N) is 1. The molecular formula is C17H23NO3. The fourth-order valence-electron chi connectivity index (χ4n) is 1.63. The second-order valence-electron chi connectivity index (χ2n) is 5.45. The molecule has 0 spiro atoms. The molecule has 0 aromatic heterocycles. The second kappa shape index (κ2) is 7.82. The van der Waals surface area contributed by atoms with Gasteiger partial charge in [-0.3, -0.25) is 4.79 Å². The number of methoxy groups -OCH3 is 1. The summed E-state index contributed by atoms with van der Waals surface area (Å²) in [5.41, 5.74) is 2.03. The minimum absolute atomic E-state index is 0.0574. The summed E-state index contributed by atoms with van der Waals surface area (Å²) >= 11 is 0. The van der Waals surface area contributed by atoms with Gasteiger partial charge in [0.15, 0.2) is 0 Å². The molecule has 0 aliphatic heterocycles. The number of aliphatic hydroxyl groups excluding tert-OH is 1. The third-order valence-electron chi connectivity index (χ3n) is 3.18. The molecule has 0 saturated heterocycles. The number of amides is 1. The molecule has 4 nitrogen and oxygen atoms in total. The minimum Gasteiger partial charge on any atom is -0.395 e. The van der Waals surface area contributed by atoms with Crippen LogP contribution < -0.4 is 5.32 Å². The normalized spacial score (nSPS) is 10.7. The van der Waals surface area contributed by atoms with Gasteiger partial charge >= 0.3 is 0 Å². The molecular weight excluding hydrogens is 266 g/mol. The zero-order valence-electron chi connectivity index (χ0n) is 13.1. The molecule has 114 valence electrons. The van der Waals surface area contributed by atoms with Gasteiger partial charge in [0.2, 0.25) is 0 Å². The SMILES string of the molecule is COC(C)(C)CNC(=O)c1ccc(C#CCCO)c(C)c1. The number of rotatable bonds is 5. The van der Waals surface area contributed by atoms with E-state index in [1.165, 1.54) is 0 Å². The van der Waals surface area contributed by atoms with Crippen LogP contribution in [0.1, 0.15) is 41.8 Å². The number of carbonyl (C=O) groups excluding carboxylic acids is 1. The molecule has 0 atom stereocenters. The Kier molecular flexibility index (Phi) is 6.41. The van der Waals surface area contributed by atoms with E-state index in [1.54, 1.807) is 13.2 Å². The summed E-state index contributed by atoms with van der Waals surface area (Å²) in [5, 5.41) is 11.6. The number of aryl methyl sites for hydroxylation is 1. The average molecular weight is 289 g/mol. The predicted molar refractivity (Wildman–Crippen MR) is 83.2 cm³/mol. The Balaban J connectivity index is 2.75. The van der Waals surface area contributed by atoms with Crippen LogP contribution in [0.3, 0.4) is 0 Å². The lowest BCUT2D eigenvalue weighted by atomic mass is 10.0. The standard InChI is InChI=1S/C17H23NO3/c1-13-11-15(9-8-14(13)7-5-6-10-19)16(20)18-12-17(2,3)21-4/h8-9,11,19H,6,10,12H2,1-4H3,(H,18,20). The fourth-order valence-corrected chi connectivity index (χ4v) is 1.63. The Morgan fingerprint density at radius 1 is 1.43 bits per heavy atom. The molecule has 1 rings (SSSR count). The van der Waals surface area contributed by atoms with Crippen LogP contribution >= 0.6 is 0 Å². The van der Waals surface area contributed by atoms with Gasteiger partial charge in [-0.1, -0.05) is 11.8 Å². The second-order valence-corrected chi connectivity index (χ2v) is 5.45. The summed E-state index contributed by atoms with van der Waals surface area (Å²) in [6.07, 6.45) is 0.452. The summed E-state index contributed by atoms with van der Waals surface area (Å²) < 4.78 is 5.27. The van der Waals surface area contributed by atoms with Gasteiger partial charge in [0.05, 0.1) is 12.2 Å². The van der Waals surface area contributed by atoms with E-state index in [0.717, 1.165) is 11.1 Å². The molecule has 0 aliphatic carbocycles. The lowest BCUT2D eigenvalue weighted by molar-refractivity contribution is 0.0229. The van der Waals surface area contributed by atoms with Crippen LogP contribution in [0.5, 0.6) is 0 Å². The van der Waals surface area contributed by atoms with Crippen molar-refractivity contribution in [2.45, 2.75) is 32.8 Å². The molecule has 4 heteroatoms. The van der Waals surface area contributed by atoms with E-state index < -0.39 is 0 Å². The highest BCUT2D eigenvalue weighted by Crippen LogP contribution is 2.11. The molecule has 21 heavy (non-hydrogen) atoms. The molecule has 1 aromatic carbocycles. The Labute approximate surface area is 126 Å². The molecule has 2 N–H and O–H groups in total. The minimum atomic E-state index is -0.388. The Morgan fingerprint density at radius 2 is 2.14 bits per heavy atom. The number of carbonyl (C=O) groups is 1. The summed E-state index contributed by atoms with van der Waals surface area (Å²) in [5.74, 6) is 5.73. The number of ether oxygens (including phenoxy) is 1. The lowest BCUT2D eigenvalue weighted by Gasteiger charge is -2.23. The van der Waals surface area contributed by atoms with Crippen LogP contribution in [0.25, 0.3) is 0 Å². The molecule has 0 aliphatic rings. The van der Waals surface area contributed by atoms with Gasteiger partial charge in [-0.25, -0.2) is 0 Å². The van der Waals surface area contributed by atoms with Crippen LogP contribution in [-0.4, -0.2) is 36.9 Å². The van der Waals surface area contributed by atoms with Crippen molar-refractivity contribution in [3.05, 3.63) is 34.9 Å². The molecule has 1 aromatic rings. The smallest absolute Gasteiger partial charge is 0.251 e. The van der Waals surface area contributed by atoms with E-state index in [0.29, 0.717) is 18.5 Å². The quantitative estimate of drug-likeness (QED) is 0.814. The van der Waals surface area contributed by atoms with Gasteiger partial charge in [-0.15, -0.1) is 0 Å². The first-order valence-electron chi connectivity index (χ1n) is 6.93. The summed E-state index contributed by atoms with van der Waals surface area (Å²) in [6.45, 7) is 6.25. The van der Waals surface area contributed by atoms with Gasteiger partial charge in [0.1, 0.15) is 0 Å². The number of hydrogen-bond donors (Lipinski definition) is 2. The molecule has 0 saturated carbocycles. The molecule has 0 heterocycles. The van der Waals surface area contributed by atoms with E-state index in [4.69, 9.17) is 9.84 Å². The summed E-state index contributed by atoms with van der Waals surface area (Å²) in [6, 6.07) is 5.40. The predicted octanol–water partition coefficient (Wildman–Crippen LogP) is 1.88. The van der Waals surface area contributed by atoms with E-state index in [9.17, 15) is 4.79 Å². The molecule has 0 bridgehead atoms. The molecule has 0 radical (unpaired) electrons. The maximum absolute atomic E-state index is 12.1. The monoisotopic (exact) mass is 289 g/mol. The van der Waals surface area contributed by atoms with Gasteiger partial charge in [0, 0.05) is 31.2 Å². The zero-order valence-corrected chi connectivity index (χ0v) is 13.1. The van der Waals surface area contributed by atoms with Crippen molar-refractivity contribution in [1.82, 2.24) is 5.32 Å². The average Bonchev–Trinajstić information content (AvgIpc) is 2.46. The maximum Gasteiger partial charge on any atom is 0.251 e. The van der Waals surface area contributed by atoms with Crippen LogP contribution in [0.2, 0.25) is 0 Å². The van der Waals surface area contributed by atoms with Crippen molar-refractivity contribution in [1.29, 1.82) is 0 Å². The largest absolute Gasteiger partial charge is 0.395 e. The molecule has 1 amide bonds. The first-order chi connectivity index (χ1) is 9.89. The van der Waals surface area contributed by atoms with Crippen molar-refractivity contribution in [3.8, 4) is 11.8 Å². The third kappa shape index (κ3) is 5.58. The molecule has 0 unspecified atom stereocenters. The van der Waals surface area contributed by atoms with Crippen molar-refractivity contribution in [3.63, 3.8) is 0 Å². The van der Waals surface area contributed by atoms with Gasteiger partial charge in [-0.05, 0) is 44.5 Å². The van der Waals surface area contributed by atoms with Gasteiger partial charge in [-0.2, -0.15) is 0 Å². The van der Waals surface area contributed by atoms with Crippen LogP contribution in [0, 0.1) is 18.8 Å². The summed E-state index contributed by atoms with van der Waals surface area (Å²) in [4.78, 5) is 12.1. The highest BCUT2D eigenvalue weighted by molar-refractivity contribution is 5.94. The number of benzene rings is 1. The topological polar surface area (TPSA) is 58.6 Å². The molecule has 0 fully saturated rings. The number of hydrogen-bond acceptors (Lipinski definition) is 3.